The van der Waals surface area contributed by atoms with Gasteiger partial charge >= 0.3 is 0 Å². The van der Waals surface area contributed by atoms with Crippen molar-refractivity contribution in [1.82, 2.24) is 4.98 Å². The van der Waals surface area contributed by atoms with Crippen LogP contribution in [-0.2, 0) is 0 Å². The Balaban J connectivity index is 3.62. The Labute approximate surface area is 79.4 Å². The molecule has 0 saturated heterocycles. The first-order valence-corrected chi connectivity index (χ1v) is 3.26. The third-order valence-electron chi connectivity index (χ3n) is 1.28. The van der Waals surface area contributed by atoms with E-state index in [0.717, 1.165) is 0 Å². The first-order chi connectivity index (χ1) is 7.11. The minimum absolute atomic E-state index is 1.03. The normalized spacial score (nSPS) is 9.00. The van der Waals surface area contributed by atoms with Gasteiger partial charge in [0.1, 0.15) is 5.69 Å². The highest BCUT2D eigenvalue weighted by molar-refractivity contribution is 5.48. The molecular formula is C5F3N7. The molecule has 0 N–H and O–H groups in total. The van der Waals surface area contributed by atoms with E-state index in [1.54, 1.807) is 0 Å². The topological polar surface area (TPSA) is 110 Å². The fourth-order valence-electron chi connectivity index (χ4n) is 0.732. The van der Waals surface area contributed by atoms with E-state index in [1.807, 2.05) is 0 Å². The van der Waals surface area contributed by atoms with Gasteiger partial charge in [0.25, 0.3) is 0 Å². The standard InChI is InChI=1S/C5F3N7/c6-1-3(12-14-9)2(7)5(13-15-10)11-4(1)8. The Morgan fingerprint density at radius 1 is 1.00 bits per heavy atom. The van der Waals surface area contributed by atoms with Gasteiger partial charge in [-0.1, -0.05) is 5.11 Å². The highest BCUT2D eigenvalue weighted by Gasteiger charge is 2.18. The molecule has 0 aromatic carbocycles. The van der Waals surface area contributed by atoms with Crippen LogP contribution >= 0.6 is 0 Å². The van der Waals surface area contributed by atoms with E-state index in [9.17, 15) is 13.2 Å². The summed E-state index contributed by atoms with van der Waals surface area (Å²) in [4.78, 5) is 6.91. The highest BCUT2D eigenvalue weighted by Crippen LogP contribution is 2.29. The molecule has 0 unspecified atom stereocenters. The van der Waals surface area contributed by atoms with Crippen molar-refractivity contribution in [3.8, 4) is 0 Å². The van der Waals surface area contributed by atoms with Crippen LogP contribution in [0.25, 0.3) is 20.9 Å². The number of hydrogen-bond donors (Lipinski definition) is 0. The summed E-state index contributed by atoms with van der Waals surface area (Å²) in [6.07, 6.45) is 0. The molecule has 0 aliphatic rings. The van der Waals surface area contributed by atoms with Gasteiger partial charge in [0.15, 0.2) is 17.5 Å². The van der Waals surface area contributed by atoms with Gasteiger partial charge in [-0.15, -0.1) is 0 Å². The number of aromatic nitrogens is 1. The highest BCUT2D eigenvalue weighted by atomic mass is 19.2. The zero-order chi connectivity index (χ0) is 11.4. The fraction of sp³-hybridized carbons (Fsp3) is 0. The van der Waals surface area contributed by atoms with Crippen molar-refractivity contribution in [3.05, 3.63) is 38.5 Å². The summed E-state index contributed by atoms with van der Waals surface area (Å²) in [5.41, 5.74) is 14.7. The summed E-state index contributed by atoms with van der Waals surface area (Å²) >= 11 is 0. The number of nitrogens with zero attached hydrogens (tertiary/aromatic N) is 7. The number of pyridine rings is 1. The van der Waals surface area contributed by atoms with Crippen LogP contribution in [0, 0.1) is 17.6 Å². The smallest absolute Gasteiger partial charge is 0.212 e. The molecule has 0 radical (unpaired) electrons. The molecule has 0 amide bonds. The van der Waals surface area contributed by atoms with Crippen LogP contribution in [0.3, 0.4) is 0 Å². The molecule has 10 heteroatoms. The maximum Gasteiger partial charge on any atom is 0.250 e. The third-order valence-corrected chi connectivity index (χ3v) is 1.28. The monoisotopic (exact) mass is 215 g/mol. The molecule has 0 spiro atoms. The SMILES string of the molecule is [N-]=[N+]=Nc1nc(F)c(F)c(N=[N+]=[N-])c1F. The summed E-state index contributed by atoms with van der Waals surface area (Å²) in [7, 11) is 0. The van der Waals surface area contributed by atoms with Crippen molar-refractivity contribution in [2.45, 2.75) is 0 Å². The maximum atomic E-state index is 13.1. The van der Waals surface area contributed by atoms with E-state index in [4.69, 9.17) is 11.1 Å². The zero-order valence-electron chi connectivity index (χ0n) is 6.76. The van der Waals surface area contributed by atoms with Crippen LogP contribution in [0.2, 0.25) is 0 Å². The lowest BCUT2D eigenvalue weighted by atomic mass is 10.3. The summed E-state index contributed by atoms with van der Waals surface area (Å²) in [5, 5.41) is 5.23. The lowest BCUT2D eigenvalue weighted by Crippen LogP contribution is -1.94. The van der Waals surface area contributed by atoms with Crippen molar-refractivity contribution in [2.24, 2.45) is 10.2 Å². The number of halogens is 3. The summed E-state index contributed by atoms with van der Waals surface area (Å²) in [5.74, 6) is -6.02. The van der Waals surface area contributed by atoms with Crippen LogP contribution in [0.15, 0.2) is 10.2 Å². The molecule has 1 aromatic rings. The van der Waals surface area contributed by atoms with Gasteiger partial charge in [-0.2, -0.15) is 4.39 Å². The van der Waals surface area contributed by atoms with Gasteiger partial charge in [-0.25, -0.2) is 13.8 Å². The Morgan fingerprint density at radius 3 is 2.13 bits per heavy atom. The van der Waals surface area contributed by atoms with Crippen LogP contribution in [0.4, 0.5) is 24.7 Å². The van der Waals surface area contributed by atoms with E-state index < -0.39 is 29.1 Å². The number of hydrogen-bond acceptors (Lipinski definition) is 3. The van der Waals surface area contributed by atoms with E-state index in [0.29, 0.717) is 0 Å². The maximum absolute atomic E-state index is 13.1. The third kappa shape index (κ3) is 1.90. The second-order valence-electron chi connectivity index (χ2n) is 2.08. The average Bonchev–Trinajstić information content (AvgIpc) is 2.21. The summed E-state index contributed by atoms with van der Waals surface area (Å²) in [6.45, 7) is 0. The molecule has 7 nitrogen and oxygen atoms in total. The van der Waals surface area contributed by atoms with E-state index >= 15 is 0 Å². The van der Waals surface area contributed by atoms with Crippen LogP contribution in [-0.4, -0.2) is 4.98 Å². The van der Waals surface area contributed by atoms with Crippen LogP contribution in [0.5, 0.6) is 0 Å². The van der Waals surface area contributed by atoms with Crippen LogP contribution in [0.1, 0.15) is 0 Å². The van der Waals surface area contributed by atoms with Crippen molar-refractivity contribution in [2.75, 3.05) is 0 Å². The number of rotatable bonds is 2. The van der Waals surface area contributed by atoms with E-state index in [2.05, 4.69) is 25.0 Å². The quantitative estimate of drug-likeness (QED) is 0.320. The van der Waals surface area contributed by atoms with E-state index in [-0.39, 0.29) is 0 Å². The minimum atomic E-state index is -1.75. The molecule has 1 rings (SSSR count). The Morgan fingerprint density at radius 2 is 1.60 bits per heavy atom. The van der Waals surface area contributed by atoms with Crippen molar-refractivity contribution in [3.63, 3.8) is 0 Å². The summed E-state index contributed by atoms with van der Waals surface area (Å²) in [6, 6.07) is 0. The van der Waals surface area contributed by atoms with Crippen molar-refractivity contribution < 1.29 is 13.2 Å². The second kappa shape index (κ2) is 4.18. The Bertz CT molecular complexity index is 500. The van der Waals surface area contributed by atoms with E-state index in [1.165, 1.54) is 0 Å². The first kappa shape index (κ1) is 10.6. The van der Waals surface area contributed by atoms with Gasteiger partial charge < -0.3 is 0 Å². The van der Waals surface area contributed by atoms with Crippen LogP contribution < -0.4 is 0 Å². The predicted molar refractivity (Wildman–Crippen MR) is 41.7 cm³/mol. The molecule has 1 heterocycles. The average molecular weight is 215 g/mol. The molecule has 0 fully saturated rings. The van der Waals surface area contributed by atoms with Gasteiger partial charge in [0.2, 0.25) is 5.95 Å². The van der Waals surface area contributed by atoms with Gasteiger partial charge in [-0.3, -0.25) is 0 Å². The molecule has 0 atom stereocenters. The lowest BCUT2D eigenvalue weighted by molar-refractivity contribution is 0.468. The predicted octanol–water partition coefficient (Wildman–Crippen LogP) is 3.38. The Kier molecular flexibility index (Phi) is 2.97. The number of azide groups is 2. The first-order valence-electron chi connectivity index (χ1n) is 3.26. The molecule has 0 bridgehead atoms. The van der Waals surface area contributed by atoms with Gasteiger partial charge in [0.05, 0.1) is 0 Å². The van der Waals surface area contributed by atoms with Crippen molar-refractivity contribution >= 4 is 11.5 Å². The molecular weight excluding hydrogens is 215 g/mol. The lowest BCUT2D eigenvalue weighted by Gasteiger charge is -2.00. The molecule has 0 saturated carbocycles. The molecule has 15 heavy (non-hydrogen) atoms. The largest absolute Gasteiger partial charge is 0.250 e. The Hall–Kier alpha value is -2.44. The molecule has 0 aliphatic carbocycles. The zero-order valence-corrected chi connectivity index (χ0v) is 6.76. The second-order valence-corrected chi connectivity index (χ2v) is 2.08. The molecule has 1 aromatic heterocycles. The van der Waals surface area contributed by atoms with Crippen molar-refractivity contribution in [1.29, 1.82) is 0 Å². The van der Waals surface area contributed by atoms with Gasteiger partial charge in [0, 0.05) is 9.82 Å². The molecule has 76 valence electrons. The molecule has 0 aliphatic heterocycles. The summed E-state index contributed by atoms with van der Waals surface area (Å²) < 4.78 is 38.5. The minimum Gasteiger partial charge on any atom is -0.212 e. The fourth-order valence-corrected chi connectivity index (χ4v) is 0.732. The van der Waals surface area contributed by atoms with Gasteiger partial charge in [-0.05, 0) is 16.2 Å².